The van der Waals surface area contributed by atoms with Crippen LogP contribution in [0.5, 0.6) is 0 Å². The summed E-state index contributed by atoms with van der Waals surface area (Å²) >= 11 is 0. The Morgan fingerprint density at radius 1 is 1.09 bits per heavy atom. The molecule has 3 N–H and O–H groups in total. The van der Waals surface area contributed by atoms with E-state index in [9.17, 15) is 4.79 Å². The number of fused-ring (bicyclic) bond motifs is 2. The number of anilines is 1. The number of rotatable bonds is 8. The summed E-state index contributed by atoms with van der Waals surface area (Å²) in [6.45, 7) is 1.04. The molecule has 5 aromatic rings. The zero-order valence-electron chi connectivity index (χ0n) is 19.1. The summed E-state index contributed by atoms with van der Waals surface area (Å²) in [5.41, 5.74) is 4.79. The van der Waals surface area contributed by atoms with Crippen molar-refractivity contribution in [3.05, 3.63) is 72.4 Å². The molecule has 5 rings (SSSR count). The Morgan fingerprint density at radius 2 is 2.00 bits per heavy atom. The van der Waals surface area contributed by atoms with Gasteiger partial charge in [-0.3, -0.25) is 9.78 Å². The van der Waals surface area contributed by atoms with Gasteiger partial charge >= 0.3 is 0 Å². The molecule has 10 heteroatoms. The zero-order chi connectivity index (χ0) is 24.2. The van der Waals surface area contributed by atoms with Crippen LogP contribution in [-0.2, 0) is 13.0 Å². The molecule has 0 aliphatic carbocycles. The largest absolute Gasteiger partial charge is 0.394 e. The lowest BCUT2D eigenvalue weighted by molar-refractivity contribution is 0.0964. The quantitative estimate of drug-likeness (QED) is 0.317. The third-order valence-corrected chi connectivity index (χ3v) is 5.78. The van der Waals surface area contributed by atoms with E-state index in [1.807, 2.05) is 30.3 Å². The number of carbonyl (C=O) groups is 1. The van der Waals surface area contributed by atoms with Crippen LogP contribution in [0.1, 0.15) is 15.9 Å². The molecule has 1 amide bonds. The van der Waals surface area contributed by atoms with Crippen LogP contribution in [0.15, 0.2) is 61.3 Å². The van der Waals surface area contributed by atoms with Gasteiger partial charge in [0.2, 0.25) is 0 Å². The Balaban J connectivity index is 1.32. The monoisotopic (exact) mass is 468 g/mol. The van der Waals surface area contributed by atoms with Crippen molar-refractivity contribution in [2.45, 2.75) is 13.0 Å². The first-order valence-electron chi connectivity index (χ1n) is 11.3. The first-order chi connectivity index (χ1) is 17.2. The van der Waals surface area contributed by atoms with Crippen molar-refractivity contribution < 1.29 is 9.90 Å². The second-order valence-electron chi connectivity index (χ2n) is 7.94. The van der Waals surface area contributed by atoms with Gasteiger partial charge in [0, 0.05) is 48.4 Å². The van der Waals surface area contributed by atoms with Gasteiger partial charge < -0.3 is 15.7 Å². The number of aromatic nitrogens is 6. The molecular weight excluding hydrogens is 444 g/mol. The predicted octanol–water partition coefficient (Wildman–Crippen LogP) is 2.44. The number of carbonyl (C=O) groups excluding carboxylic acids is 1. The maximum absolute atomic E-state index is 12.2. The van der Waals surface area contributed by atoms with E-state index in [0.29, 0.717) is 30.9 Å². The van der Waals surface area contributed by atoms with Gasteiger partial charge in [-0.2, -0.15) is 5.10 Å². The Bertz CT molecular complexity index is 1510. The van der Waals surface area contributed by atoms with E-state index in [1.54, 1.807) is 36.4 Å². The van der Waals surface area contributed by atoms with E-state index in [4.69, 9.17) is 5.11 Å². The number of hydrogen-bond acceptors (Lipinski definition) is 8. The molecule has 4 aromatic heterocycles. The third kappa shape index (κ3) is 4.51. The summed E-state index contributed by atoms with van der Waals surface area (Å²) in [6, 6.07) is 11.5. The highest BCUT2D eigenvalue weighted by atomic mass is 16.3. The fraction of sp³-hybridized carbons (Fsp3) is 0.200. The summed E-state index contributed by atoms with van der Waals surface area (Å²) in [7, 11) is 1.62. The average molecular weight is 469 g/mol. The van der Waals surface area contributed by atoms with Crippen LogP contribution in [-0.4, -0.2) is 60.9 Å². The number of aliphatic hydroxyl groups is 1. The van der Waals surface area contributed by atoms with Crippen molar-refractivity contribution in [3.8, 4) is 11.3 Å². The molecule has 0 aliphatic heterocycles. The standard InChI is InChI=1S/C25H24N8O2/c1-26-25(35)20-6-8-28-23-16(3-2-4-19(20)23)5-7-27-22-12-21(30-15-31-22)17-11-18-14-32-33(9-10-34)24(18)29-13-17/h2-4,6,8,11-15,34H,5,7,9-10H2,1H3,(H,26,35)(H,27,30,31). The molecule has 10 nitrogen and oxygen atoms in total. The molecule has 0 saturated carbocycles. The number of aliphatic hydroxyl groups excluding tert-OH is 1. The van der Waals surface area contributed by atoms with Crippen molar-refractivity contribution in [3.63, 3.8) is 0 Å². The van der Waals surface area contributed by atoms with Crippen molar-refractivity contribution >= 4 is 33.7 Å². The van der Waals surface area contributed by atoms with E-state index >= 15 is 0 Å². The van der Waals surface area contributed by atoms with Crippen LogP contribution < -0.4 is 10.6 Å². The van der Waals surface area contributed by atoms with E-state index in [-0.39, 0.29) is 12.5 Å². The molecule has 0 unspecified atom stereocenters. The second kappa shape index (κ2) is 9.82. The highest BCUT2D eigenvalue weighted by molar-refractivity contribution is 6.06. The number of amides is 1. The van der Waals surface area contributed by atoms with E-state index in [1.165, 1.54) is 6.33 Å². The van der Waals surface area contributed by atoms with Gasteiger partial charge in [-0.25, -0.2) is 19.6 Å². The molecule has 0 bridgehead atoms. The average Bonchev–Trinajstić information content (AvgIpc) is 3.30. The van der Waals surface area contributed by atoms with Crippen LogP contribution in [0.2, 0.25) is 0 Å². The molecule has 0 aliphatic rings. The van der Waals surface area contributed by atoms with E-state index < -0.39 is 0 Å². The molecule has 0 saturated heterocycles. The van der Waals surface area contributed by atoms with Crippen LogP contribution in [0.4, 0.5) is 5.82 Å². The van der Waals surface area contributed by atoms with Gasteiger partial charge in [-0.1, -0.05) is 18.2 Å². The fourth-order valence-corrected chi connectivity index (χ4v) is 4.08. The summed E-state index contributed by atoms with van der Waals surface area (Å²) < 4.78 is 1.67. The minimum Gasteiger partial charge on any atom is -0.394 e. The maximum atomic E-state index is 12.2. The first kappa shape index (κ1) is 22.4. The number of benzene rings is 1. The predicted molar refractivity (Wildman–Crippen MR) is 133 cm³/mol. The topological polar surface area (TPSA) is 131 Å². The Kier molecular flexibility index (Phi) is 6.27. The normalized spacial score (nSPS) is 11.1. The number of pyridine rings is 2. The Labute approximate surface area is 201 Å². The van der Waals surface area contributed by atoms with Crippen LogP contribution in [0.25, 0.3) is 33.2 Å². The number of para-hydroxylation sites is 1. The molecule has 176 valence electrons. The highest BCUT2D eigenvalue weighted by Crippen LogP contribution is 2.23. The van der Waals surface area contributed by atoms with Gasteiger partial charge in [-0.05, 0) is 24.1 Å². The molecule has 0 radical (unpaired) electrons. The number of hydrogen-bond donors (Lipinski definition) is 3. The van der Waals surface area contributed by atoms with Gasteiger partial charge in [-0.15, -0.1) is 0 Å². The van der Waals surface area contributed by atoms with E-state index in [0.717, 1.165) is 38.8 Å². The smallest absolute Gasteiger partial charge is 0.251 e. The molecular formula is C25H24N8O2. The van der Waals surface area contributed by atoms with Crippen molar-refractivity contribution in [1.29, 1.82) is 0 Å². The van der Waals surface area contributed by atoms with Crippen LogP contribution >= 0.6 is 0 Å². The molecule has 1 aromatic carbocycles. The molecule has 0 spiro atoms. The van der Waals surface area contributed by atoms with Crippen molar-refractivity contribution in [1.82, 2.24) is 35.0 Å². The highest BCUT2D eigenvalue weighted by Gasteiger charge is 2.12. The molecule has 0 fully saturated rings. The van der Waals surface area contributed by atoms with Crippen LogP contribution in [0.3, 0.4) is 0 Å². The molecule has 35 heavy (non-hydrogen) atoms. The van der Waals surface area contributed by atoms with Gasteiger partial charge in [0.1, 0.15) is 12.1 Å². The SMILES string of the molecule is CNC(=O)c1ccnc2c(CCNc3cc(-c4cnc5c(cnn5CCO)c4)ncn3)cccc12. The van der Waals surface area contributed by atoms with Crippen molar-refractivity contribution in [2.75, 3.05) is 25.5 Å². The molecule has 0 atom stereocenters. The minimum atomic E-state index is -0.130. The second-order valence-corrected chi connectivity index (χ2v) is 7.94. The summed E-state index contributed by atoms with van der Waals surface area (Å²) in [5.74, 6) is 0.569. The lowest BCUT2D eigenvalue weighted by Gasteiger charge is -2.10. The zero-order valence-corrected chi connectivity index (χ0v) is 19.1. The van der Waals surface area contributed by atoms with Gasteiger partial charge in [0.05, 0.1) is 36.1 Å². The Hall–Kier alpha value is -4.44. The third-order valence-electron chi connectivity index (χ3n) is 5.78. The fourth-order valence-electron chi connectivity index (χ4n) is 4.08. The maximum Gasteiger partial charge on any atom is 0.251 e. The lowest BCUT2D eigenvalue weighted by Crippen LogP contribution is -2.18. The summed E-state index contributed by atoms with van der Waals surface area (Å²) in [4.78, 5) is 30.0. The minimum absolute atomic E-state index is 0.00518. The Morgan fingerprint density at radius 3 is 2.86 bits per heavy atom. The van der Waals surface area contributed by atoms with E-state index in [2.05, 4.69) is 35.7 Å². The summed E-state index contributed by atoms with van der Waals surface area (Å²) in [6.07, 6.45) is 7.37. The van der Waals surface area contributed by atoms with Gasteiger partial charge in [0.25, 0.3) is 5.91 Å². The number of nitrogens with zero attached hydrogens (tertiary/aromatic N) is 6. The van der Waals surface area contributed by atoms with Crippen molar-refractivity contribution in [2.24, 2.45) is 0 Å². The number of nitrogens with one attached hydrogen (secondary N) is 2. The van der Waals surface area contributed by atoms with Crippen LogP contribution in [0, 0.1) is 0 Å². The summed E-state index contributed by atoms with van der Waals surface area (Å²) in [5, 5.41) is 21.2. The first-order valence-corrected chi connectivity index (χ1v) is 11.3. The lowest BCUT2D eigenvalue weighted by atomic mass is 10.0. The molecule has 4 heterocycles. The van der Waals surface area contributed by atoms with Gasteiger partial charge in [0.15, 0.2) is 5.65 Å².